The van der Waals surface area contributed by atoms with Gasteiger partial charge in [-0.25, -0.2) is 4.39 Å². The largest absolute Gasteiger partial charge is 0.393 e. The molecule has 3 rings (SSSR count). The SMILES string of the molecule is CCC(O)C1CCCC(C(O)C[C@H](C(C)C)C(O)C2CCC(O)(C3CCC(F)CC3)C(C)(C)C2)C1. The Morgan fingerprint density at radius 2 is 1.46 bits per heavy atom. The Bertz CT molecular complexity index is 646. The molecule has 0 aliphatic heterocycles. The Morgan fingerprint density at radius 3 is 2.00 bits per heavy atom. The van der Waals surface area contributed by atoms with Gasteiger partial charge in [0.25, 0.3) is 0 Å². The Labute approximate surface area is 214 Å². The van der Waals surface area contributed by atoms with Crippen LogP contribution in [-0.2, 0) is 0 Å². The van der Waals surface area contributed by atoms with Crippen molar-refractivity contribution in [1.82, 2.24) is 0 Å². The number of alkyl halides is 1. The van der Waals surface area contributed by atoms with Crippen LogP contribution in [0, 0.1) is 40.9 Å². The van der Waals surface area contributed by atoms with Crippen molar-refractivity contribution in [2.24, 2.45) is 40.9 Å². The molecule has 3 aliphatic rings. The lowest BCUT2D eigenvalue weighted by Crippen LogP contribution is -2.56. The fourth-order valence-electron chi connectivity index (χ4n) is 8.18. The summed E-state index contributed by atoms with van der Waals surface area (Å²) in [6.07, 6.45) is 8.20. The zero-order valence-corrected chi connectivity index (χ0v) is 23.1. The lowest BCUT2D eigenvalue weighted by Gasteiger charge is -2.55. The molecule has 0 spiro atoms. The van der Waals surface area contributed by atoms with E-state index in [1.807, 2.05) is 6.92 Å². The van der Waals surface area contributed by atoms with Crippen LogP contribution >= 0.6 is 0 Å². The first-order chi connectivity index (χ1) is 16.4. The van der Waals surface area contributed by atoms with Crippen molar-refractivity contribution in [3.63, 3.8) is 0 Å². The molecule has 4 N–H and O–H groups in total. The first-order valence-electron chi connectivity index (χ1n) is 14.8. The fraction of sp³-hybridized carbons (Fsp3) is 1.00. The maximum Gasteiger partial charge on any atom is 0.100 e. The Kier molecular flexibility index (Phi) is 10.1. The molecular formula is C30H55FO4. The lowest BCUT2D eigenvalue weighted by molar-refractivity contribution is -0.172. The number of hydrogen-bond donors (Lipinski definition) is 4. The zero-order valence-electron chi connectivity index (χ0n) is 23.1. The van der Waals surface area contributed by atoms with E-state index in [2.05, 4.69) is 27.7 Å². The first-order valence-corrected chi connectivity index (χ1v) is 14.8. The monoisotopic (exact) mass is 498 g/mol. The van der Waals surface area contributed by atoms with E-state index in [4.69, 9.17) is 0 Å². The fourth-order valence-corrected chi connectivity index (χ4v) is 8.18. The third kappa shape index (κ3) is 6.62. The average Bonchev–Trinajstić information content (AvgIpc) is 2.83. The molecule has 0 radical (unpaired) electrons. The van der Waals surface area contributed by atoms with Gasteiger partial charge in [-0.1, -0.05) is 41.0 Å². The van der Waals surface area contributed by atoms with E-state index in [-0.39, 0.29) is 47.0 Å². The van der Waals surface area contributed by atoms with Crippen LogP contribution in [0.3, 0.4) is 0 Å². The molecule has 206 valence electrons. The zero-order chi connectivity index (χ0) is 26.0. The van der Waals surface area contributed by atoms with Crippen molar-refractivity contribution < 1.29 is 24.8 Å². The van der Waals surface area contributed by atoms with E-state index >= 15 is 0 Å². The van der Waals surface area contributed by atoms with Gasteiger partial charge in [-0.15, -0.1) is 0 Å². The molecule has 0 heterocycles. The third-order valence-electron chi connectivity index (χ3n) is 10.7. The van der Waals surface area contributed by atoms with Gasteiger partial charge in [0.2, 0.25) is 0 Å². The van der Waals surface area contributed by atoms with Crippen LogP contribution in [-0.4, -0.2) is 50.5 Å². The number of rotatable bonds is 9. The molecule has 0 bridgehead atoms. The van der Waals surface area contributed by atoms with Gasteiger partial charge in [-0.05, 0) is 118 Å². The summed E-state index contributed by atoms with van der Waals surface area (Å²) in [4.78, 5) is 0. The van der Waals surface area contributed by atoms with E-state index in [1.165, 1.54) is 0 Å². The van der Waals surface area contributed by atoms with Crippen molar-refractivity contribution in [2.45, 2.75) is 148 Å². The standard InChI is InChI=1S/C30H55FO4/c1-6-26(32)20-8-7-9-21(16-20)27(33)17-25(19(2)3)28(34)22-14-15-30(35,29(4,5)18-22)23-10-12-24(31)13-11-23/h19-28,32-35H,6-18H2,1-5H3/t20?,21?,22?,23?,24?,25-,26?,27?,28?,30?/m1/s1. The number of hydrogen-bond acceptors (Lipinski definition) is 4. The topological polar surface area (TPSA) is 80.9 Å². The van der Waals surface area contributed by atoms with E-state index in [0.29, 0.717) is 25.7 Å². The average molecular weight is 499 g/mol. The van der Waals surface area contributed by atoms with Crippen molar-refractivity contribution in [1.29, 1.82) is 0 Å². The minimum Gasteiger partial charge on any atom is -0.393 e. The molecule has 3 saturated carbocycles. The Hall–Kier alpha value is -0.230. The molecule has 0 aromatic carbocycles. The van der Waals surface area contributed by atoms with Gasteiger partial charge in [0.05, 0.1) is 23.9 Å². The summed E-state index contributed by atoms with van der Waals surface area (Å²) in [5.74, 6) is 0.980. The quantitative estimate of drug-likeness (QED) is 0.313. The van der Waals surface area contributed by atoms with Crippen LogP contribution in [0.15, 0.2) is 0 Å². The maximum absolute atomic E-state index is 13.7. The molecule has 35 heavy (non-hydrogen) atoms. The van der Waals surface area contributed by atoms with Gasteiger partial charge in [-0.3, -0.25) is 0 Å². The first kappa shape index (κ1) is 29.3. The van der Waals surface area contributed by atoms with Crippen molar-refractivity contribution >= 4 is 0 Å². The van der Waals surface area contributed by atoms with E-state index in [0.717, 1.165) is 57.8 Å². The number of aliphatic hydroxyl groups excluding tert-OH is 3. The molecule has 3 aliphatic carbocycles. The normalized spacial score (nSPS) is 39.7. The Balaban J connectivity index is 1.63. The van der Waals surface area contributed by atoms with Crippen LogP contribution in [0.2, 0.25) is 0 Å². The highest BCUT2D eigenvalue weighted by Crippen LogP contribution is 2.54. The van der Waals surface area contributed by atoms with Gasteiger partial charge in [0, 0.05) is 0 Å². The summed E-state index contributed by atoms with van der Waals surface area (Å²) in [5, 5.41) is 45.0. The molecule has 0 aromatic rings. The summed E-state index contributed by atoms with van der Waals surface area (Å²) in [6.45, 7) is 10.6. The van der Waals surface area contributed by atoms with Gasteiger partial charge in [0.1, 0.15) is 6.17 Å². The maximum atomic E-state index is 13.7. The van der Waals surface area contributed by atoms with Crippen LogP contribution in [0.1, 0.15) is 118 Å². The van der Waals surface area contributed by atoms with Crippen LogP contribution < -0.4 is 0 Å². The second-order valence-corrected chi connectivity index (χ2v) is 13.6. The third-order valence-corrected chi connectivity index (χ3v) is 10.7. The summed E-state index contributed by atoms with van der Waals surface area (Å²) >= 11 is 0. The van der Waals surface area contributed by atoms with E-state index < -0.39 is 24.0 Å². The van der Waals surface area contributed by atoms with Crippen molar-refractivity contribution in [3.05, 3.63) is 0 Å². The van der Waals surface area contributed by atoms with Crippen LogP contribution in [0.25, 0.3) is 0 Å². The molecule has 4 nitrogen and oxygen atoms in total. The highest BCUT2D eigenvalue weighted by atomic mass is 19.1. The van der Waals surface area contributed by atoms with E-state index in [9.17, 15) is 24.8 Å². The minimum absolute atomic E-state index is 0.00967. The highest BCUT2D eigenvalue weighted by molar-refractivity contribution is 5.05. The Morgan fingerprint density at radius 1 is 0.857 bits per heavy atom. The predicted molar refractivity (Wildman–Crippen MR) is 140 cm³/mol. The molecule has 8 atom stereocenters. The van der Waals surface area contributed by atoms with Crippen LogP contribution in [0.4, 0.5) is 4.39 Å². The number of halogens is 1. The summed E-state index contributed by atoms with van der Waals surface area (Å²) in [6, 6.07) is 0. The molecule has 3 fully saturated rings. The van der Waals surface area contributed by atoms with Crippen molar-refractivity contribution in [3.8, 4) is 0 Å². The second kappa shape index (κ2) is 12.1. The van der Waals surface area contributed by atoms with Gasteiger partial charge in [0.15, 0.2) is 0 Å². The molecule has 7 unspecified atom stereocenters. The summed E-state index contributed by atoms with van der Waals surface area (Å²) in [5.41, 5.74) is -1.13. The summed E-state index contributed by atoms with van der Waals surface area (Å²) < 4.78 is 13.7. The lowest BCUT2D eigenvalue weighted by atomic mass is 9.54. The molecule has 5 heteroatoms. The van der Waals surface area contributed by atoms with E-state index in [1.54, 1.807) is 0 Å². The number of aliphatic hydroxyl groups is 4. The summed E-state index contributed by atoms with van der Waals surface area (Å²) in [7, 11) is 0. The van der Waals surface area contributed by atoms with Gasteiger partial charge in [-0.2, -0.15) is 0 Å². The van der Waals surface area contributed by atoms with Gasteiger partial charge < -0.3 is 20.4 Å². The smallest absolute Gasteiger partial charge is 0.100 e. The second-order valence-electron chi connectivity index (χ2n) is 13.6. The predicted octanol–water partition coefficient (Wildman–Crippen LogP) is 6.03. The van der Waals surface area contributed by atoms with Crippen LogP contribution in [0.5, 0.6) is 0 Å². The molecule has 0 amide bonds. The molecular weight excluding hydrogens is 443 g/mol. The van der Waals surface area contributed by atoms with Crippen molar-refractivity contribution in [2.75, 3.05) is 0 Å². The molecule has 0 saturated heterocycles. The highest BCUT2D eigenvalue weighted by Gasteiger charge is 2.54. The molecule has 0 aromatic heterocycles. The van der Waals surface area contributed by atoms with Gasteiger partial charge >= 0.3 is 0 Å². The minimum atomic E-state index is -0.798.